The molecule has 4 N–H and O–H groups in total. The molecule has 2 aromatic heterocycles. The van der Waals surface area contributed by atoms with Crippen molar-refractivity contribution >= 4 is 29.2 Å². The number of nitrogens with zero attached hydrogens (tertiary/aromatic N) is 4. The van der Waals surface area contributed by atoms with Gasteiger partial charge in [-0.15, -0.1) is 0 Å². The molecule has 1 amide bonds. The summed E-state index contributed by atoms with van der Waals surface area (Å²) in [6, 6.07) is 0.804. The number of amides is 1. The van der Waals surface area contributed by atoms with Gasteiger partial charge in [0.05, 0.1) is 5.92 Å². The molecular weight excluding hydrogens is 425 g/mol. The van der Waals surface area contributed by atoms with Crippen LogP contribution in [0.3, 0.4) is 0 Å². The Hall–Kier alpha value is -3.25. The normalized spacial score (nSPS) is 20.6. The molecule has 0 bridgehead atoms. The summed E-state index contributed by atoms with van der Waals surface area (Å²) < 4.78 is 66.0. The number of hydrogen-bond acceptors (Lipinski definition) is 6. The molecule has 8 nitrogen and oxygen atoms in total. The Kier molecular flexibility index (Phi) is 4.67. The lowest BCUT2D eigenvalue weighted by Crippen LogP contribution is -2.37. The number of hydrogen-bond donors (Lipinski definition) is 3. The van der Waals surface area contributed by atoms with Gasteiger partial charge >= 0.3 is 12.1 Å². The largest absolute Gasteiger partial charge is 0.453 e. The van der Waals surface area contributed by atoms with Crippen molar-refractivity contribution in [3.05, 3.63) is 29.2 Å². The summed E-state index contributed by atoms with van der Waals surface area (Å²) in [5, 5.41) is 5.41. The Morgan fingerprint density at radius 1 is 1.19 bits per heavy atom. The van der Waals surface area contributed by atoms with Crippen LogP contribution in [0.5, 0.6) is 0 Å². The molecule has 0 saturated heterocycles. The molecule has 2 aliphatic rings. The summed E-state index contributed by atoms with van der Waals surface area (Å²) in [5.41, 5.74) is 7.06. The van der Waals surface area contributed by atoms with Gasteiger partial charge in [-0.2, -0.15) is 22.0 Å². The second-order valence-electron chi connectivity index (χ2n) is 7.48. The van der Waals surface area contributed by atoms with Gasteiger partial charge in [0.25, 0.3) is 0 Å². The first-order valence-electron chi connectivity index (χ1n) is 9.30. The highest BCUT2D eigenvalue weighted by molar-refractivity contribution is 6.03. The minimum atomic E-state index is -5.65. The van der Waals surface area contributed by atoms with Crippen molar-refractivity contribution in [3.8, 4) is 0 Å². The molecule has 0 aromatic carbocycles. The molecule has 0 radical (unpaired) electrons. The Labute approximate surface area is 172 Å². The fourth-order valence-electron chi connectivity index (χ4n) is 3.57. The molecule has 2 unspecified atom stereocenters. The summed E-state index contributed by atoms with van der Waals surface area (Å²) in [7, 11) is 1.68. The number of amidine groups is 1. The number of aliphatic imine (C=N–C) groups is 1. The van der Waals surface area contributed by atoms with Crippen LogP contribution in [-0.2, 0) is 11.8 Å². The molecule has 4 heterocycles. The summed E-state index contributed by atoms with van der Waals surface area (Å²) in [6.45, 7) is 1.65. The smallest absolute Gasteiger partial charge is 0.383 e. The third-order valence-corrected chi connectivity index (χ3v) is 5.34. The van der Waals surface area contributed by atoms with E-state index in [1.54, 1.807) is 30.8 Å². The average molecular weight is 443 g/mol. The zero-order chi connectivity index (χ0) is 22.7. The van der Waals surface area contributed by atoms with Crippen LogP contribution in [0.4, 0.5) is 39.4 Å². The van der Waals surface area contributed by atoms with Gasteiger partial charge in [0.1, 0.15) is 29.3 Å². The van der Waals surface area contributed by atoms with Gasteiger partial charge < -0.3 is 20.9 Å². The minimum absolute atomic E-state index is 0.0664. The standard InChI is InChI=1S/C18H18F5N7O/c1-7-10-12(24)27-14(28-13(10)29-16(7)31)11-8-4-6-30(2)15(8)26-9(25-11)3-5-17(19,20)18(21,22)23/h4,6-7,11H,3,5H2,1-2H3,(H,25,26)(H3,24,27,28,29,31). The molecule has 2 aliphatic heterocycles. The number of aryl methyl sites for hydroxylation is 1. The van der Waals surface area contributed by atoms with Crippen LogP contribution >= 0.6 is 0 Å². The van der Waals surface area contributed by atoms with Crippen LogP contribution in [0.15, 0.2) is 17.3 Å². The van der Waals surface area contributed by atoms with Crippen LogP contribution in [0.2, 0.25) is 0 Å². The van der Waals surface area contributed by atoms with Crippen LogP contribution in [0.1, 0.15) is 48.7 Å². The van der Waals surface area contributed by atoms with E-state index in [2.05, 4.69) is 25.6 Å². The Balaban J connectivity index is 1.70. The summed E-state index contributed by atoms with van der Waals surface area (Å²) in [4.78, 5) is 24.8. The maximum absolute atomic E-state index is 13.4. The van der Waals surface area contributed by atoms with Crippen molar-refractivity contribution < 1.29 is 26.7 Å². The van der Waals surface area contributed by atoms with E-state index >= 15 is 0 Å². The van der Waals surface area contributed by atoms with Crippen LogP contribution in [0, 0.1) is 0 Å². The highest BCUT2D eigenvalue weighted by Gasteiger charge is 2.56. The van der Waals surface area contributed by atoms with Gasteiger partial charge in [0.2, 0.25) is 5.91 Å². The number of anilines is 3. The van der Waals surface area contributed by atoms with Crippen molar-refractivity contribution in [2.75, 3.05) is 16.4 Å². The second-order valence-corrected chi connectivity index (χ2v) is 7.48. The van der Waals surface area contributed by atoms with Crippen molar-refractivity contribution in [1.82, 2.24) is 14.5 Å². The first-order valence-corrected chi connectivity index (χ1v) is 9.30. The van der Waals surface area contributed by atoms with E-state index in [1.807, 2.05) is 0 Å². The van der Waals surface area contributed by atoms with Gasteiger partial charge in [-0.3, -0.25) is 9.79 Å². The monoisotopic (exact) mass is 443 g/mol. The highest BCUT2D eigenvalue weighted by atomic mass is 19.4. The first-order chi connectivity index (χ1) is 14.4. The van der Waals surface area contributed by atoms with Crippen molar-refractivity contribution in [3.63, 3.8) is 0 Å². The lowest BCUT2D eigenvalue weighted by molar-refractivity contribution is -0.283. The lowest BCUT2D eigenvalue weighted by atomic mass is 10.0. The summed E-state index contributed by atoms with van der Waals surface area (Å²) >= 11 is 0. The molecule has 13 heteroatoms. The first kappa shape index (κ1) is 21.0. The number of halogens is 5. The van der Waals surface area contributed by atoms with E-state index in [-0.39, 0.29) is 29.2 Å². The lowest BCUT2D eigenvalue weighted by Gasteiger charge is -2.25. The topological polar surface area (TPSA) is 110 Å². The summed E-state index contributed by atoms with van der Waals surface area (Å²) in [6.07, 6.45) is -6.09. The van der Waals surface area contributed by atoms with Crippen molar-refractivity contribution in [2.45, 2.75) is 43.8 Å². The van der Waals surface area contributed by atoms with Crippen molar-refractivity contribution in [1.29, 1.82) is 0 Å². The molecule has 0 saturated carbocycles. The van der Waals surface area contributed by atoms with Gasteiger partial charge in [-0.25, -0.2) is 9.97 Å². The SMILES string of the molecule is CC1C(=O)Nc2nc(C3N=C(CCC(F)(F)C(F)(F)F)Nc4c3ccn4C)nc(N)c21. The van der Waals surface area contributed by atoms with Crippen LogP contribution in [0.25, 0.3) is 0 Å². The molecule has 0 aliphatic carbocycles. The molecule has 166 valence electrons. The number of nitrogens with two attached hydrogens (primary N) is 1. The average Bonchev–Trinajstić information content (AvgIpc) is 3.18. The quantitative estimate of drug-likeness (QED) is 0.628. The molecule has 4 rings (SSSR count). The Morgan fingerprint density at radius 3 is 2.58 bits per heavy atom. The summed E-state index contributed by atoms with van der Waals surface area (Å²) in [5.74, 6) is -4.88. The van der Waals surface area contributed by atoms with E-state index < -0.39 is 36.9 Å². The van der Waals surface area contributed by atoms with E-state index in [1.165, 1.54) is 0 Å². The number of carbonyl (C=O) groups excluding carboxylic acids is 1. The number of rotatable bonds is 4. The fourth-order valence-corrected chi connectivity index (χ4v) is 3.57. The van der Waals surface area contributed by atoms with Gasteiger partial charge in [-0.1, -0.05) is 0 Å². The second kappa shape index (κ2) is 6.89. The van der Waals surface area contributed by atoms with E-state index in [0.29, 0.717) is 16.9 Å². The van der Waals surface area contributed by atoms with E-state index in [9.17, 15) is 26.7 Å². The third-order valence-electron chi connectivity index (χ3n) is 5.34. The number of nitrogen functional groups attached to an aromatic ring is 1. The Bertz CT molecular complexity index is 1090. The molecule has 2 atom stereocenters. The van der Waals surface area contributed by atoms with Crippen molar-refractivity contribution in [2.24, 2.45) is 12.0 Å². The Morgan fingerprint density at radius 2 is 1.90 bits per heavy atom. The maximum Gasteiger partial charge on any atom is 0.453 e. The molecule has 0 fully saturated rings. The number of fused-ring (bicyclic) bond motifs is 2. The predicted octanol–water partition coefficient (Wildman–Crippen LogP) is 3.34. The zero-order valence-corrected chi connectivity index (χ0v) is 16.4. The van der Waals surface area contributed by atoms with Gasteiger partial charge in [-0.05, 0) is 13.0 Å². The van der Waals surface area contributed by atoms with Gasteiger partial charge in [0.15, 0.2) is 5.82 Å². The number of nitrogens with one attached hydrogen (secondary N) is 2. The van der Waals surface area contributed by atoms with Crippen LogP contribution < -0.4 is 16.4 Å². The molecule has 2 aromatic rings. The predicted molar refractivity (Wildman–Crippen MR) is 102 cm³/mol. The third kappa shape index (κ3) is 3.47. The highest BCUT2D eigenvalue weighted by Crippen LogP contribution is 2.41. The van der Waals surface area contributed by atoms with Crippen LogP contribution in [-0.4, -0.2) is 38.4 Å². The number of alkyl halides is 5. The molecule has 0 spiro atoms. The molecule has 31 heavy (non-hydrogen) atoms. The van der Waals surface area contributed by atoms with E-state index in [4.69, 9.17) is 5.73 Å². The van der Waals surface area contributed by atoms with Gasteiger partial charge in [0, 0.05) is 37.2 Å². The van der Waals surface area contributed by atoms with E-state index in [0.717, 1.165) is 0 Å². The number of aromatic nitrogens is 3. The maximum atomic E-state index is 13.4. The fraction of sp³-hybridized carbons (Fsp3) is 0.444. The molecular formula is C18H18F5N7O. The number of carbonyl (C=O) groups is 1. The minimum Gasteiger partial charge on any atom is -0.383 e. The zero-order valence-electron chi connectivity index (χ0n) is 16.4.